The SMILES string of the molecule is O=C(CC1CC1)c1cc2c(s1)-c1ccccc1N(C(=O)c1cccc(C3=CCN(C4COC4)CC3)n1)CC2. The third-order valence-electron chi connectivity index (χ3n) is 8.22. The van der Waals surface area contributed by atoms with E-state index in [1.54, 1.807) is 11.3 Å². The number of hydrogen-bond donors (Lipinski definition) is 0. The van der Waals surface area contributed by atoms with Gasteiger partial charge in [-0.25, -0.2) is 4.98 Å². The molecule has 7 heteroatoms. The average molecular weight is 526 g/mol. The van der Waals surface area contributed by atoms with E-state index >= 15 is 0 Å². The van der Waals surface area contributed by atoms with Gasteiger partial charge < -0.3 is 9.64 Å². The molecule has 194 valence electrons. The number of carbonyl (C=O) groups excluding carboxylic acids is 2. The van der Waals surface area contributed by atoms with Gasteiger partial charge in [-0.05, 0) is 67.0 Å². The van der Waals surface area contributed by atoms with Crippen LogP contribution in [0.1, 0.15) is 57.1 Å². The summed E-state index contributed by atoms with van der Waals surface area (Å²) in [6.07, 6.45) is 6.91. The minimum absolute atomic E-state index is 0.0795. The van der Waals surface area contributed by atoms with Gasteiger partial charge in [0.25, 0.3) is 5.91 Å². The number of Topliss-reactive ketones (excluding diaryl/α,β-unsaturated/α-hetero) is 1. The molecule has 0 radical (unpaired) electrons. The Kier molecular flexibility index (Phi) is 6.22. The number of rotatable bonds is 6. The molecule has 3 aromatic rings. The van der Waals surface area contributed by atoms with Gasteiger partial charge in [0, 0.05) is 36.5 Å². The van der Waals surface area contributed by atoms with Crippen molar-refractivity contribution in [2.24, 2.45) is 5.92 Å². The van der Waals surface area contributed by atoms with Crippen LogP contribution in [0.2, 0.25) is 0 Å². The van der Waals surface area contributed by atoms with Gasteiger partial charge in [-0.15, -0.1) is 11.3 Å². The van der Waals surface area contributed by atoms with Crippen LogP contribution in [-0.2, 0) is 11.2 Å². The lowest BCUT2D eigenvalue weighted by Gasteiger charge is -2.38. The van der Waals surface area contributed by atoms with E-state index < -0.39 is 0 Å². The molecular formula is C31H31N3O3S. The van der Waals surface area contributed by atoms with E-state index in [-0.39, 0.29) is 11.7 Å². The lowest BCUT2D eigenvalue weighted by Crippen LogP contribution is -2.50. The van der Waals surface area contributed by atoms with E-state index in [0.717, 1.165) is 65.0 Å². The molecule has 5 heterocycles. The third kappa shape index (κ3) is 4.53. The second-order valence-corrected chi connectivity index (χ2v) is 11.9. The van der Waals surface area contributed by atoms with Gasteiger partial charge in [-0.1, -0.05) is 30.3 Å². The Bertz CT molecular complexity index is 1440. The van der Waals surface area contributed by atoms with E-state index in [0.29, 0.717) is 37.0 Å². The number of amides is 1. The molecule has 0 atom stereocenters. The van der Waals surface area contributed by atoms with E-state index in [9.17, 15) is 9.59 Å². The van der Waals surface area contributed by atoms with Crippen molar-refractivity contribution in [2.45, 2.75) is 38.1 Å². The van der Waals surface area contributed by atoms with Crippen molar-refractivity contribution in [3.8, 4) is 10.4 Å². The van der Waals surface area contributed by atoms with Crippen molar-refractivity contribution in [1.29, 1.82) is 0 Å². The first-order valence-electron chi connectivity index (χ1n) is 13.7. The molecule has 0 N–H and O–H groups in total. The van der Waals surface area contributed by atoms with Crippen LogP contribution in [0.4, 0.5) is 5.69 Å². The first kappa shape index (κ1) is 23.9. The number of fused-ring (bicyclic) bond motifs is 3. The number of para-hydroxylation sites is 1. The molecule has 3 aliphatic heterocycles. The molecule has 0 unspecified atom stereocenters. The van der Waals surface area contributed by atoms with Crippen LogP contribution in [-0.4, -0.2) is 60.5 Å². The van der Waals surface area contributed by atoms with Gasteiger partial charge in [0.05, 0.1) is 35.5 Å². The number of thiophene rings is 1. The molecule has 4 aliphatic rings. The van der Waals surface area contributed by atoms with Crippen LogP contribution in [0.25, 0.3) is 16.0 Å². The summed E-state index contributed by atoms with van der Waals surface area (Å²) < 4.78 is 5.35. The van der Waals surface area contributed by atoms with Crippen molar-refractivity contribution >= 4 is 34.3 Å². The van der Waals surface area contributed by atoms with E-state index in [4.69, 9.17) is 9.72 Å². The maximum Gasteiger partial charge on any atom is 0.276 e. The summed E-state index contributed by atoms with van der Waals surface area (Å²) in [7, 11) is 0. The number of carbonyl (C=O) groups is 2. The molecular weight excluding hydrogens is 494 g/mol. The van der Waals surface area contributed by atoms with E-state index in [1.807, 2.05) is 41.3 Å². The van der Waals surface area contributed by atoms with E-state index in [2.05, 4.69) is 23.1 Å². The Morgan fingerprint density at radius 2 is 1.89 bits per heavy atom. The van der Waals surface area contributed by atoms with Crippen molar-refractivity contribution in [3.63, 3.8) is 0 Å². The molecule has 1 amide bonds. The maximum absolute atomic E-state index is 13.9. The number of ketones is 1. The van der Waals surface area contributed by atoms with Crippen LogP contribution in [0.15, 0.2) is 54.6 Å². The Labute approximate surface area is 226 Å². The normalized spacial score (nSPS) is 19.7. The standard InChI is InChI=1S/C31H31N3O3S/c35-28(16-20-8-9-20)29-17-22-12-15-34(27-7-2-1-4-24(27)30(22)38-29)31(36)26-6-3-5-25(32-26)21-10-13-33(14-11-21)23-18-37-19-23/h1-7,10,17,20,23H,8-9,11-16,18-19H2. The summed E-state index contributed by atoms with van der Waals surface area (Å²) in [6.45, 7) is 4.10. The number of ether oxygens (including phenoxy) is 1. The summed E-state index contributed by atoms with van der Waals surface area (Å²) in [5, 5.41) is 0. The van der Waals surface area contributed by atoms with Crippen molar-refractivity contribution in [3.05, 3.63) is 76.4 Å². The predicted molar refractivity (Wildman–Crippen MR) is 150 cm³/mol. The Morgan fingerprint density at radius 1 is 1.03 bits per heavy atom. The molecule has 1 aromatic carbocycles. The molecule has 1 aliphatic carbocycles. The van der Waals surface area contributed by atoms with Gasteiger partial charge in [-0.3, -0.25) is 14.5 Å². The monoisotopic (exact) mass is 525 g/mol. The highest BCUT2D eigenvalue weighted by Gasteiger charge is 2.31. The smallest absolute Gasteiger partial charge is 0.276 e. The first-order valence-corrected chi connectivity index (χ1v) is 14.5. The average Bonchev–Trinajstić information content (AvgIpc) is 3.66. The van der Waals surface area contributed by atoms with Gasteiger partial charge in [0.1, 0.15) is 5.69 Å². The van der Waals surface area contributed by atoms with Crippen molar-refractivity contribution < 1.29 is 14.3 Å². The molecule has 7 rings (SSSR count). The fourth-order valence-electron chi connectivity index (χ4n) is 5.68. The minimum Gasteiger partial charge on any atom is -0.378 e. The zero-order chi connectivity index (χ0) is 25.6. The summed E-state index contributed by atoms with van der Waals surface area (Å²) >= 11 is 1.59. The molecule has 6 nitrogen and oxygen atoms in total. The van der Waals surface area contributed by atoms with Crippen molar-refractivity contribution in [1.82, 2.24) is 9.88 Å². The zero-order valence-corrected chi connectivity index (χ0v) is 22.2. The third-order valence-corrected chi connectivity index (χ3v) is 9.47. The zero-order valence-electron chi connectivity index (χ0n) is 21.4. The highest BCUT2D eigenvalue weighted by molar-refractivity contribution is 7.17. The number of pyridine rings is 1. The van der Waals surface area contributed by atoms with Gasteiger partial charge >= 0.3 is 0 Å². The van der Waals surface area contributed by atoms with Gasteiger partial charge in [-0.2, -0.15) is 0 Å². The first-order chi connectivity index (χ1) is 18.6. The summed E-state index contributed by atoms with van der Waals surface area (Å²) in [4.78, 5) is 37.9. The van der Waals surface area contributed by atoms with Crippen molar-refractivity contribution in [2.75, 3.05) is 37.7 Å². The number of aromatic nitrogens is 1. The second-order valence-electron chi connectivity index (χ2n) is 10.8. The lowest BCUT2D eigenvalue weighted by atomic mass is 10.0. The van der Waals surface area contributed by atoms with Gasteiger partial charge in [0.15, 0.2) is 5.78 Å². The topological polar surface area (TPSA) is 62.7 Å². The fourth-order valence-corrected chi connectivity index (χ4v) is 6.88. The molecule has 38 heavy (non-hydrogen) atoms. The minimum atomic E-state index is -0.0795. The second kappa shape index (κ2) is 9.88. The summed E-state index contributed by atoms with van der Waals surface area (Å²) in [5.41, 5.74) is 5.64. The largest absolute Gasteiger partial charge is 0.378 e. The molecule has 1 saturated heterocycles. The number of nitrogens with zero attached hydrogens (tertiary/aromatic N) is 3. The highest BCUT2D eigenvalue weighted by Crippen LogP contribution is 2.43. The molecule has 0 bridgehead atoms. The Morgan fingerprint density at radius 3 is 2.66 bits per heavy atom. The lowest BCUT2D eigenvalue weighted by molar-refractivity contribution is -0.0612. The number of hydrogen-bond acceptors (Lipinski definition) is 6. The van der Waals surface area contributed by atoms with Gasteiger partial charge in [0.2, 0.25) is 0 Å². The Balaban J connectivity index is 1.15. The van der Waals surface area contributed by atoms with E-state index in [1.165, 1.54) is 18.4 Å². The fraction of sp³-hybridized carbons (Fsp3) is 0.387. The quantitative estimate of drug-likeness (QED) is 0.399. The Hall–Kier alpha value is -3.13. The molecule has 1 saturated carbocycles. The summed E-state index contributed by atoms with van der Waals surface area (Å²) in [6, 6.07) is 16.5. The molecule has 2 fully saturated rings. The molecule has 0 spiro atoms. The highest BCUT2D eigenvalue weighted by atomic mass is 32.1. The predicted octanol–water partition coefficient (Wildman–Crippen LogP) is 5.48. The number of benzene rings is 1. The maximum atomic E-state index is 13.9. The van der Waals surface area contributed by atoms with Crippen LogP contribution in [0.5, 0.6) is 0 Å². The van der Waals surface area contributed by atoms with Crippen LogP contribution >= 0.6 is 11.3 Å². The van der Waals surface area contributed by atoms with Crippen LogP contribution in [0, 0.1) is 5.92 Å². The summed E-state index contributed by atoms with van der Waals surface area (Å²) in [5.74, 6) is 0.760. The molecule has 2 aromatic heterocycles. The van der Waals surface area contributed by atoms with Crippen LogP contribution in [0.3, 0.4) is 0 Å². The van der Waals surface area contributed by atoms with Crippen LogP contribution < -0.4 is 4.90 Å². The number of anilines is 1.